The molecule has 0 spiro atoms. The van der Waals surface area contributed by atoms with Gasteiger partial charge in [0, 0.05) is 24.8 Å². The highest BCUT2D eigenvalue weighted by Crippen LogP contribution is 2.36. The number of aliphatic carboxylic acids is 1. The van der Waals surface area contributed by atoms with E-state index in [9.17, 15) is 18.0 Å². The maximum atomic E-state index is 13.8. The summed E-state index contributed by atoms with van der Waals surface area (Å²) in [6.07, 6.45) is -4.65. The summed E-state index contributed by atoms with van der Waals surface area (Å²) in [5, 5.41) is 12.8. The summed E-state index contributed by atoms with van der Waals surface area (Å²) >= 11 is 0. The van der Waals surface area contributed by atoms with E-state index in [2.05, 4.69) is 10.1 Å². The quantitative estimate of drug-likeness (QED) is 0.284. The summed E-state index contributed by atoms with van der Waals surface area (Å²) < 4.78 is 52.3. The Kier molecular flexibility index (Phi) is 7.94. The molecule has 0 fully saturated rings. The van der Waals surface area contributed by atoms with Crippen LogP contribution in [0, 0.1) is 6.92 Å². The minimum Gasteiger partial charge on any atom is -0.480 e. The van der Waals surface area contributed by atoms with E-state index in [1.165, 1.54) is 24.1 Å². The van der Waals surface area contributed by atoms with Gasteiger partial charge in [-0.05, 0) is 60.0 Å². The number of carboxylic acid groups (broad SMARTS) is 1. The molecule has 0 unspecified atom stereocenters. The number of carboxylic acids is 1. The van der Waals surface area contributed by atoms with Crippen LogP contribution in [0.3, 0.4) is 0 Å². The average Bonchev–Trinajstić information content (AvgIpc) is 3.34. The highest BCUT2D eigenvalue weighted by Gasteiger charge is 2.34. The highest BCUT2D eigenvalue weighted by molar-refractivity contribution is 5.74. The second-order valence-electron chi connectivity index (χ2n) is 8.98. The van der Waals surface area contributed by atoms with Crippen LogP contribution in [0.1, 0.15) is 22.3 Å². The summed E-state index contributed by atoms with van der Waals surface area (Å²) in [7, 11) is 3.04. The van der Waals surface area contributed by atoms with Crippen molar-refractivity contribution >= 4 is 5.97 Å². The number of halogens is 3. The summed E-state index contributed by atoms with van der Waals surface area (Å²) in [5.74, 6) is -0.961. The van der Waals surface area contributed by atoms with Gasteiger partial charge in [-0.15, -0.1) is 0 Å². The number of aryl methyl sites for hydroxylation is 1. The monoisotopic (exact) mass is 525 g/mol. The molecule has 1 aromatic heterocycles. The maximum Gasteiger partial charge on any atom is 0.416 e. The van der Waals surface area contributed by atoms with Gasteiger partial charge in [0.25, 0.3) is 5.89 Å². The number of rotatable bonds is 9. The van der Waals surface area contributed by atoms with E-state index in [1.807, 2.05) is 49.4 Å². The minimum absolute atomic E-state index is 0.00668. The first kappa shape index (κ1) is 27.0. The van der Waals surface area contributed by atoms with Crippen molar-refractivity contribution in [3.8, 4) is 34.0 Å². The number of carbonyl (C=O) groups is 1. The predicted molar refractivity (Wildman–Crippen MR) is 135 cm³/mol. The predicted octanol–water partition coefficient (Wildman–Crippen LogP) is 6.06. The zero-order chi connectivity index (χ0) is 27.4. The van der Waals surface area contributed by atoms with Gasteiger partial charge in [-0.1, -0.05) is 47.6 Å². The molecule has 10 heteroatoms. The van der Waals surface area contributed by atoms with Crippen molar-refractivity contribution in [2.45, 2.75) is 26.3 Å². The highest BCUT2D eigenvalue weighted by atomic mass is 19.4. The number of likely N-dealkylation sites (N-methyl/N-ethyl adjacent to an activating group) is 1. The van der Waals surface area contributed by atoms with Crippen molar-refractivity contribution in [2.75, 3.05) is 20.7 Å². The van der Waals surface area contributed by atoms with Gasteiger partial charge >= 0.3 is 12.1 Å². The molecule has 0 aliphatic rings. The first-order valence-corrected chi connectivity index (χ1v) is 11.7. The number of hydrogen-bond acceptors (Lipinski definition) is 6. The number of nitrogens with zero attached hydrogens (tertiary/aromatic N) is 3. The molecule has 0 aliphatic heterocycles. The number of ether oxygens (including phenoxy) is 1. The van der Waals surface area contributed by atoms with Crippen LogP contribution in [-0.4, -0.2) is 46.8 Å². The molecule has 0 amide bonds. The fraction of sp³-hybridized carbons (Fsp3) is 0.250. The molecule has 0 atom stereocenters. The Labute approximate surface area is 217 Å². The van der Waals surface area contributed by atoms with Crippen LogP contribution in [0.15, 0.2) is 65.2 Å². The lowest BCUT2D eigenvalue weighted by Gasteiger charge is -2.18. The minimum atomic E-state index is -4.65. The van der Waals surface area contributed by atoms with Crippen LogP contribution in [-0.2, 0) is 28.9 Å². The van der Waals surface area contributed by atoms with Gasteiger partial charge in [-0.2, -0.15) is 18.2 Å². The Morgan fingerprint density at radius 3 is 2.45 bits per heavy atom. The molecule has 198 valence electrons. The van der Waals surface area contributed by atoms with Gasteiger partial charge in [0.15, 0.2) is 0 Å². The van der Waals surface area contributed by atoms with Gasteiger partial charge in [0.1, 0.15) is 0 Å². The van der Waals surface area contributed by atoms with Gasteiger partial charge in [-0.3, -0.25) is 9.69 Å². The fourth-order valence-electron chi connectivity index (χ4n) is 4.29. The van der Waals surface area contributed by atoms with Gasteiger partial charge < -0.3 is 14.4 Å². The summed E-state index contributed by atoms with van der Waals surface area (Å²) in [5.41, 5.74) is 3.86. The van der Waals surface area contributed by atoms with Crippen LogP contribution in [0.5, 0.6) is 0 Å². The second kappa shape index (κ2) is 11.2. The van der Waals surface area contributed by atoms with Crippen LogP contribution >= 0.6 is 0 Å². The van der Waals surface area contributed by atoms with Gasteiger partial charge in [0.05, 0.1) is 18.7 Å². The molecule has 4 aromatic rings. The van der Waals surface area contributed by atoms with E-state index in [0.717, 1.165) is 28.3 Å². The van der Waals surface area contributed by atoms with Crippen LogP contribution in [0.2, 0.25) is 0 Å². The summed E-state index contributed by atoms with van der Waals surface area (Å²) in [6, 6.07) is 17.3. The van der Waals surface area contributed by atoms with E-state index in [4.69, 9.17) is 14.4 Å². The topological polar surface area (TPSA) is 88.7 Å². The summed E-state index contributed by atoms with van der Waals surface area (Å²) in [4.78, 5) is 16.5. The lowest BCUT2D eigenvalue weighted by molar-refractivity contribution is -0.138. The van der Waals surface area contributed by atoms with Crippen molar-refractivity contribution in [1.82, 2.24) is 15.0 Å². The van der Waals surface area contributed by atoms with Crippen molar-refractivity contribution in [2.24, 2.45) is 0 Å². The largest absolute Gasteiger partial charge is 0.480 e. The molecule has 3 aromatic carbocycles. The zero-order valence-electron chi connectivity index (χ0n) is 21.0. The zero-order valence-corrected chi connectivity index (χ0v) is 21.0. The molecule has 0 saturated heterocycles. The first-order chi connectivity index (χ1) is 18.1. The van der Waals surface area contributed by atoms with E-state index in [0.29, 0.717) is 12.2 Å². The Bertz CT molecular complexity index is 1450. The molecule has 1 heterocycles. The van der Waals surface area contributed by atoms with Crippen LogP contribution in [0.25, 0.3) is 34.0 Å². The SMILES string of the molecule is COCc1cc(-c2nc(-c3ccc(CN(C)CC(=O)O)c(C(F)(F)F)c3)no2)ccc1-c1ccccc1C. The lowest BCUT2D eigenvalue weighted by atomic mass is 9.94. The second-order valence-corrected chi connectivity index (χ2v) is 8.98. The molecule has 4 rings (SSSR count). The van der Waals surface area contributed by atoms with Gasteiger partial charge in [-0.25, -0.2) is 0 Å². The third kappa shape index (κ3) is 6.09. The number of alkyl halides is 3. The number of benzene rings is 3. The molecule has 7 nitrogen and oxygen atoms in total. The van der Waals surface area contributed by atoms with Crippen LogP contribution < -0.4 is 0 Å². The molecule has 38 heavy (non-hydrogen) atoms. The summed E-state index contributed by atoms with van der Waals surface area (Å²) in [6.45, 7) is 1.79. The lowest BCUT2D eigenvalue weighted by Crippen LogP contribution is -2.26. The maximum absolute atomic E-state index is 13.8. The Balaban J connectivity index is 1.67. The molecule has 1 N–H and O–H groups in total. The Morgan fingerprint density at radius 2 is 1.76 bits per heavy atom. The normalized spacial score (nSPS) is 11.8. The van der Waals surface area contributed by atoms with E-state index in [-0.39, 0.29) is 35.9 Å². The van der Waals surface area contributed by atoms with Crippen molar-refractivity contribution in [3.05, 3.63) is 82.9 Å². The average molecular weight is 526 g/mol. The first-order valence-electron chi connectivity index (χ1n) is 11.7. The Hall–Kier alpha value is -4.02. The molecule has 0 saturated carbocycles. The van der Waals surface area contributed by atoms with Crippen molar-refractivity contribution in [1.29, 1.82) is 0 Å². The molecular formula is C28H26F3N3O4. The third-order valence-electron chi connectivity index (χ3n) is 6.03. The van der Waals surface area contributed by atoms with E-state index >= 15 is 0 Å². The molecular weight excluding hydrogens is 499 g/mol. The smallest absolute Gasteiger partial charge is 0.416 e. The standard InChI is InChI=1S/C28H26F3N3O4/c1-17-6-4-5-7-22(17)23-11-10-19(12-21(23)16-37-3)27-32-26(33-38-27)18-8-9-20(14-34(2)15-25(35)36)24(13-18)28(29,30)31/h4-13H,14-16H2,1-3H3,(H,35,36). The molecule has 0 aliphatic carbocycles. The van der Waals surface area contributed by atoms with Gasteiger partial charge in [0.2, 0.25) is 5.82 Å². The fourth-order valence-corrected chi connectivity index (χ4v) is 4.29. The number of methoxy groups -OCH3 is 1. The van der Waals surface area contributed by atoms with E-state index < -0.39 is 17.7 Å². The number of hydrogen-bond donors (Lipinski definition) is 1. The van der Waals surface area contributed by atoms with Crippen molar-refractivity contribution < 1.29 is 32.3 Å². The molecule has 0 radical (unpaired) electrons. The number of aromatic nitrogens is 2. The molecule has 0 bridgehead atoms. The Morgan fingerprint density at radius 1 is 1.03 bits per heavy atom. The van der Waals surface area contributed by atoms with E-state index in [1.54, 1.807) is 7.11 Å². The third-order valence-corrected chi connectivity index (χ3v) is 6.03. The van der Waals surface area contributed by atoms with Crippen LogP contribution in [0.4, 0.5) is 13.2 Å². The van der Waals surface area contributed by atoms with Crippen molar-refractivity contribution in [3.63, 3.8) is 0 Å².